The number of hydrogen-bond acceptors (Lipinski definition) is 3. The Labute approximate surface area is 126 Å². The quantitative estimate of drug-likeness (QED) is 0.877. The molecule has 114 valence electrons. The fraction of sp³-hybridized carbons (Fsp3) is 0.600. The van der Waals surface area contributed by atoms with Crippen molar-refractivity contribution in [2.75, 3.05) is 26.7 Å². The highest BCUT2D eigenvalue weighted by Gasteiger charge is 2.16. The molecular weight excluding hydrogens is 279 g/mol. The molecule has 0 radical (unpaired) electrons. The average Bonchev–Trinajstić information content (AvgIpc) is 2.46. The highest BCUT2D eigenvalue weighted by atomic mass is 35.5. The Kier molecular flexibility index (Phi) is 7.27. The van der Waals surface area contributed by atoms with Crippen LogP contribution in [0, 0.1) is 11.7 Å². The molecule has 1 aromatic carbocycles. The molecule has 1 unspecified atom stereocenters. The van der Waals surface area contributed by atoms with Crippen LogP contribution < -0.4 is 15.4 Å². The Morgan fingerprint density at radius 1 is 1.40 bits per heavy atom. The third-order valence-corrected chi connectivity index (χ3v) is 3.83. The number of halogens is 2. The molecule has 2 N–H and O–H groups in total. The summed E-state index contributed by atoms with van der Waals surface area (Å²) in [6.45, 7) is 5.23. The van der Waals surface area contributed by atoms with Gasteiger partial charge in [-0.2, -0.15) is 0 Å². The molecule has 2 rings (SSSR count). The van der Waals surface area contributed by atoms with Crippen LogP contribution in [-0.2, 0) is 0 Å². The summed E-state index contributed by atoms with van der Waals surface area (Å²) in [6.07, 6.45) is 2.42. The number of hydrogen-bond donors (Lipinski definition) is 2. The number of nitrogens with one attached hydrogen (secondary N) is 2. The van der Waals surface area contributed by atoms with Gasteiger partial charge in [0.25, 0.3) is 0 Å². The lowest BCUT2D eigenvalue weighted by Crippen LogP contribution is -2.34. The number of piperidine rings is 1. The second-order valence-electron chi connectivity index (χ2n) is 5.21. The van der Waals surface area contributed by atoms with Crippen LogP contribution >= 0.6 is 12.4 Å². The van der Waals surface area contributed by atoms with E-state index in [2.05, 4.69) is 17.6 Å². The van der Waals surface area contributed by atoms with Crippen molar-refractivity contribution in [1.82, 2.24) is 10.6 Å². The van der Waals surface area contributed by atoms with E-state index >= 15 is 0 Å². The maximum Gasteiger partial charge on any atom is 0.123 e. The molecule has 0 aromatic heterocycles. The minimum absolute atomic E-state index is 0. The Bertz CT molecular complexity index is 411. The standard InChI is InChI=1S/C15H23FN2O.ClH/c1-11(18-10-12-5-7-17-8-6-12)14-9-13(16)3-4-15(14)19-2;/h3-4,9,11-12,17-18H,5-8,10H2,1-2H3;1H. The molecule has 0 saturated carbocycles. The molecule has 1 aromatic rings. The van der Waals surface area contributed by atoms with E-state index in [0.717, 1.165) is 30.9 Å². The Morgan fingerprint density at radius 3 is 2.75 bits per heavy atom. The normalized spacial score (nSPS) is 17.4. The molecule has 1 aliphatic rings. The zero-order valence-corrected chi connectivity index (χ0v) is 12.9. The minimum Gasteiger partial charge on any atom is -0.496 e. The molecule has 5 heteroatoms. The van der Waals surface area contributed by atoms with Crippen molar-refractivity contribution in [3.63, 3.8) is 0 Å². The molecule has 0 amide bonds. The summed E-state index contributed by atoms with van der Waals surface area (Å²) in [4.78, 5) is 0. The third kappa shape index (κ3) is 4.62. The van der Waals surface area contributed by atoms with Crippen molar-refractivity contribution in [3.8, 4) is 5.75 Å². The fourth-order valence-electron chi connectivity index (χ4n) is 2.58. The van der Waals surface area contributed by atoms with Gasteiger partial charge >= 0.3 is 0 Å². The van der Waals surface area contributed by atoms with Crippen molar-refractivity contribution in [1.29, 1.82) is 0 Å². The Morgan fingerprint density at radius 2 is 2.10 bits per heavy atom. The Balaban J connectivity index is 0.00000200. The van der Waals surface area contributed by atoms with Crippen LogP contribution in [0.2, 0.25) is 0 Å². The molecule has 20 heavy (non-hydrogen) atoms. The van der Waals surface area contributed by atoms with Gasteiger partial charge in [0.15, 0.2) is 0 Å². The highest BCUT2D eigenvalue weighted by Crippen LogP contribution is 2.26. The van der Waals surface area contributed by atoms with Crippen molar-refractivity contribution >= 4 is 12.4 Å². The summed E-state index contributed by atoms with van der Waals surface area (Å²) in [5.74, 6) is 1.24. The van der Waals surface area contributed by atoms with Gasteiger partial charge in [-0.1, -0.05) is 0 Å². The van der Waals surface area contributed by atoms with Crippen LogP contribution in [0.1, 0.15) is 31.4 Å². The van der Waals surface area contributed by atoms with Gasteiger partial charge in [0, 0.05) is 11.6 Å². The van der Waals surface area contributed by atoms with Crippen LogP contribution in [0.15, 0.2) is 18.2 Å². The van der Waals surface area contributed by atoms with Crippen LogP contribution in [0.4, 0.5) is 4.39 Å². The number of benzene rings is 1. The lowest BCUT2D eigenvalue weighted by Gasteiger charge is -2.25. The zero-order valence-electron chi connectivity index (χ0n) is 12.1. The predicted molar refractivity (Wildman–Crippen MR) is 82.2 cm³/mol. The van der Waals surface area contributed by atoms with Gasteiger partial charge < -0.3 is 15.4 Å². The second-order valence-corrected chi connectivity index (χ2v) is 5.21. The molecule has 0 aliphatic carbocycles. The van der Waals surface area contributed by atoms with E-state index in [1.54, 1.807) is 19.2 Å². The maximum absolute atomic E-state index is 13.3. The van der Waals surface area contributed by atoms with Gasteiger partial charge in [-0.3, -0.25) is 0 Å². The molecular formula is C15H24ClFN2O. The summed E-state index contributed by atoms with van der Waals surface area (Å²) in [5.41, 5.74) is 0.886. The SMILES string of the molecule is COc1ccc(F)cc1C(C)NCC1CCNCC1.Cl. The second kappa shape index (κ2) is 8.45. The fourth-order valence-corrected chi connectivity index (χ4v) is 2.58. The molecule has 1 aliphatic heterocycles. The monoisotopic (exact) mass is 302 g/mol. The molecule has 1 atom stereocenters. The van der Waals surface area contributed by atoms with Gasteiger partial charge in [0.2, 0.25) is 0 Å². The van der Waals surface area contributed by atoms with Gasteiger partial charge in [0.05, 0.1) is 7.11 Å². The lowest BCUT2D eigenvalue weighted by molar-refractivity contribution is 0.340. The predicted octanol–water partition coefficient (Wildman–Crippen LogP) is 2.91. The van der Waals surface area contributed by atoms with Crippen LogP contribution in [0.5, 0.6) is 5.75 Å². The molecule has 1 fully saturated rings. The smallest absolute Gasteiger partial charge is 0.123 e. The van der Waals surface area contributed by atoms with E-state index in [1.165, 1.54) is 18.9 Å². The van der Waals surface area contributed by atoms with E-state index in [1.807, 2.05) is 0 Å². The van der Waals surface area contributed by atoms with E-state index in [-0.39, 0.29) is 24.3 Å². The maximum atomic E-state index is 13.3. The van der Waals surface area contributed by atoms with Gasteiger partial charge in [-0.05, 0) is 63.5 Å². The van der Waals surface area contributed by atoms with Crippen molar-refractivity contribution in [2.45, 2.75) is 25.8 Å². The van der Waals surface area contributed by atoms with Crippen LogP contribution in [-0.4, -0.2) is 26.7 Å². The first-order chi connectivity index (χ1) is 9.20. The average molecular weight is 303 g/mol. The van der Waals surface area contributed by atoms with Crippen molar-refractivity contribution in [3.05, 3.63) is 29.6 Å². The van der Waals surface area contributed by atoms with Gasteiger partial charge in [-0.25, -0.2) is 4.39 Å². The van der Waals surface area contributed by atoms with Crippen LogP contribution in [0.25, 0.3) is 0 Å². The summed E-state index contributed by atoms with van der Waals surface area (Å²) >= 11 is 0. The number of rotatable bonds is 5. The molecule has 0 spiro atoms. The number of ether oxygens (including phenoxy) is 1. The highest BCUT2D eigenvalue weighted by molar-refractivity contribution is 5.85. The van der Waals surface area contributed by atoms with E-state index < -0.39 is 0 Å². The first-order valence-electron chi connectivity index (χ1n) is 6.98. The van der Waals surface area contributed by atoms with Crippen molar-refractivity contribution in [2.24, 2.45) is 5.92 Å². The van der Waals surface area contributed by atoms with E-state index in [0.29, 0.717) is 5.92 Å². The molecule has 1 saturated heterocycles. The summed E-state index contributed by atoms with van der Waals surface area (Å²) in [7, 11) is 1.62. The van der Waals surface area contributed by atoms with E-state index in [4.69, 9.17) is 4.74 Å². The van der Waals surface area contributed by atoms with E-state index in [9.17, 15) is 4.39 Å². The summed E-state index contributed by atoms with van der Waals surface area (Å²) < 4.78 is 18.6. The third-order valence-electron chi connectivity index (χ3n) is 3.83. The Hall–Kier alpha value is -0.840. The number of methoxy groups -OCH3 is 1. The summed E-state index contributed by atoms with van der Waals surface area (Å²) in [5, 5.41) is 6.86. The molecule has 3 nitrogen and oxygen atoms in total. The summed E-state index contributed by atoms with van der Waals surface area (Å²) in [6, 6.07) is 4.77. The van der Waals surface area contributed by atoms with Crippen LogP contribution in [0.3, 0.4) is 0 Å². The topological polar surface area (TPSA) is 33.3 Å². The lowest BCUT2D eigenvalue weighted by atomic mass is 9.97. The van der Waals surface area contributed by atoms with Crippen molar-refractivity contribution < 1.29 is 9.13 Å². The van der Waals surface area contributed by atoms with Gasteiger partial charge in [0.1, 0.15) is 11.6 Å². The zero-order chi connectivity index (χ0) is 13.7. The first-order valence-corrected chi connectivity index (χ1v) is 6.98. The first kappa shape index (κ1) is 17.2. The molecule has 0 bridgehead atoms. The largest absolute Gasteiger partial charge is 0.496 e. The minimum atomic E-state index is -0.216. The molecule has 1 heterocycles. The van der Waals surface area contributed by atoms with Gasteiger partial charge in [-0.15, -0.1) is 12.4 Å².